The maximum Gasteiger partial charge on any atom is 0.319 e. The molecule has 4 aromatic rings. The Morgan fingerprint density at radius 3 is 2.80 bits per heavy atom. The predicted molar refractivity (Wildman–Crippen MR) is 172 cm³/mol. The molecule has 3 fully saturated rings. The topological polar surface area (TPSA) is 92.4 Å². The highest BCUT2D eigenvalue weighted by Gasteiger charge is 2.49. The van der Waals surface area contributed by atoms with Gasteiger partial charge in [-0.15, -0.1) is 11.3 Å². The van der Waals surface area contributed by atoms with Crippen LogP contribution in [-0.2, 0) is 6.42 Å². The number of aryl methyl sites for hydroxylation is 1. The highest BCUT2D eigenvalue weighted by atomic mass is 32.1. The van der Waals surface area contributed by atoms with E-state index in [1.807, 2.05) is 0 Å². The zero-order valence-electron chi connectivity index (χ0n) is 26.1. The van der Waals surface area contributed by atoms with E-state index in [9.17, 15) is 8.78 Å². The van der Waals surface area contributed by atoms with Gasteiger partial charge in [-0.25, -0.2) is 17.6 Å². The Balaban J connectivity index is 1.35. The summed E-state index contributed by atoms with van der Waals surface area (Å²) in [6.07, 6.45) is 3.36. The highest BCUT2D eigenvalue weighted by Crippen LogP contribution is 2.47. The molecule has 8 rings (SSSR count). The number of anilines is 2. The van der Waals surface area contributed by atoms with Gasteiger partial charge in [0.05, 0.1) is 38.1 Å². The molecule has 0 aliphatic carbocycles. The monoisotopic (exact) mass is 655 g/mol. The van der Waals surface area contributed by atoms with Crippen LogP contribution in [0, 0.1) is 30.3 Å². The van der Waals surface area contributed by atoms with E-state index in [-0.39, 0.29) is 57.5 Å². The first-order chi connectivity index (χ1) is 22.1. The molecule has 244 valence electrons. The van der Waals surface area contributed by atoms with E-state index in [2.05, 4.69) is 38.9 Å². The number of fused-ring (bicyclic) bond motifs is 4. The average molecular weight is 656 g/mol. The zero-order chi connectivity index (χ0) is 32.1. The number of aromatic nitrogens is 3. The lowest BCUT2D eigenvalue weighted by atomic mass is 9.90. The summed E-state index contributed by atoms with van der Waals surface area (Å²) < 4.78 is 69.9. The highest BCUT2D eigenvalue weighted by molar-refractivity contribution is 7.23. The summed E-state index contributed by atoms with van der Waals surface area (Å²) in [7, 11) is 0. The van der Waals surface area contributed by atoms with Crippen LogP contribution in [-0.4, -0.2) is 76.4 Å². The molecule has 5 atom stereocenters. The second-order valence-electron chi connectivity index (χ2n) is 13.6. The van der Waals surface area contributed by atoms with Crippen LogP contribution in [0.25, 0.3) is 32.2 Å². The maximum absolute atomic E-state index is 17.0. The van der Waals surface area contributed by atoms with Crippen molar-refractivity contribution in [1.29, 1.82) is 0 Å². The normalized spacial score (nSPS) is 27.8. The Labute approximate surface area is 268 Å². The fraction of sp³-hybridized carbons (Fsp3) is 0.545. The van der Waals surface area contributed by atoms with E-state index in [0.29, 0.717) is 59.8 Å². The molecule has 1 aromatic carbocycles. The molecule has 4 aliphatic rings. The van der Waals surface area contributed by atoms with Crippen LogP contribution in [0.3, 0.4) is 0 Å². The number of alkyl halides is 1. The summed E-state index contributed by atoms with van der Waals surface area (Å²) in [4.78, 5) is 18.0. The molecule has 7 heterocycles. The van der Waals surface area contributed by atoms with Gasteiger partial charge >= 0.3 is 6.01 Å². The minimum Gasteiger partial charge on any atom is -0.461 e. The lowest BCUT2D eigenvalue weighted by molar-refractivity contribution is 0.107. The van der Waals surface area contributed by atoms with Gasteiger partial charge in [-0.1, -0.05) is 13.8 Å². The zero-order valence-corrected chi connectivity index (χ0v) is 26.9. The molecule has 3 saturated heterocycles. The Hall–Kier alpha value is -3.29. The molecular weight excluding hydrogens is 618 g/mol. The van der Waals surface area contributed by atoms with Crippen molar-refractivity contribution in [2.45, 2.75) is 76.7 Å². The summed E-state index contributed by atoms with van der Waals surface area (Å²) in [5, 5.41) is 4.57. The van der Waals surface area contributed by atoms with Crippen molar-refractivity contribution < 1.29 is 22.3 Å². The van der Waals surface area contributed by atoms with Gasteiger partial charge in [0.25, 0.3) is 0 Å². The van der Waals surface area contributed by atoms with Crippen molar-refractivity contribution >= 4 is 43.1 Å². The third-order valence-corrected chi connectivity index (χ3v) is 12.0. The first-order valence-corrected chi connectivity index (χ1v) is 17.0. The van der Waals surface area contributed by atoms with Crippen molar-refractivity contribution in [3.05, 3.63) is 34.8 Å². The van der Waals surface area contributed by atoms with Gasteiger partial charge in [0.15, 0.2) is 11.6 Å². The Bertz CT molecular complexity index is 1890. The molecule has 4 aliphatic heterocycles. The van der Waals surface area contributed by atoms with E-state index < -0.39 is 29.2 Å². The second kappa shape index (κ2) is 10.9. The lowest BCUT2D eigenvalue weighted by Gasteiger charge is -2.43. The van der Waals surface area contributed by atoms with Crippen LogP contribution >= 0.6 is 11.3 Å². The van der Waals surface area contributed by atoms with Crippen LogP contribution < -0.4 is 20.7 Å². The van der Waals surface area contributed by atoms with Crippen LogP contribution in [0.5, 0.6) is 6.01 Å². The van der Waals surface area contributed by atoms with Crippen molar-refractivity contribution in [3.63, 3.8) is 0 Å². The molecule has 46 heavy (non-hydrogen) atoms. The largest absolute Gasteiger partial charge is 0.461 e. The molecule has 0 radical (unpaired) electrons. The van der Waals surface area contributed by atoms with E-state index in [4.69, 9.17) is 15.5 Å². The van der Waals surface area contributed by atoms with Gasteiger partial charge in [-0.2, -0.15) is 9.97 Å². The van der Waals surface area contributed by atoms with Crippen LogP contribution in [0.2, 0.25) is 0 Å². The number of nitrogens with two attached hydrogens (primary N) is 1. The summed E-state index contributed by atoms with van der Waals surface area (Å²) in [5.74, 6) is -1.84. The lowest BCUT2D eigenvalue weighted by Crippen LogP contribution is -2.58. The molecule has 3 aromatic heterocycles. The molecule has 0 amide bonds. The third kappa shape index (κ3) is 4.41. The summed E-state index contributed by atoms with van der Waals surface area (Å²) >= 11 is 1.03. The van der Waals surface area contributed by atoms with Gasteiger partial charge in [0, 0.05) is 49.1 Å². The van der Waals surface area contributed by atoms with Crippen LogP contribution in [0.1, 0.15) is 50.7 Å². The first-order valence-electron chi connectivity index (χ1n) is 16.2. The maximum atomic E-state index is 17.0. The fourth-order valence-electron chi connectivity index (χ4n) is 8.40. The number of hydrogen-bond acceptors (Lipinski definition) is 9. The van der Waals surface area contributed by atoms with Crippen molar-refractivity contribution in [1.82, 2.24) is 25.2 Å². The number of nitrogen functional groups attached to an aromatic ring is 1. The molecule has 0 saturated carbocycles. The number of nitrogens with zero attached hydrogens (tertiary/aromatic N) is 5. The fourth-order valence-corrected chi connectivity index (χ4v) is 9.37. The number of nitrogens with one attached hydrogen (secondary N) is 1. The van der Waals surface area contributed by atoms with E-state index in [0.717, 1.165) is 43.3 Å². The van der Waals surface area contributed by atoms with Gasteiger partial charge in [-0.3, -0.25) is 9.88 Å². The Morgan fingerprint density at radius 2 is 2.00 bits per heavy atom. The summed E-state index contributed by atoms with van der Waals surface area (Å²) in [6.45, 7) is 8.49. The Morgan fingerprint density at radius 1 is 1.17 bits per heavy atom. The molecular formula is C33H37F4N7OS. The van der Waals surface area contributed by atoms with Gasteiger partial charge in [0.2, 0.25) is 0 Å². The molecule has 0 spiro atoms. The molecule has 13 heteroatoms. The van der Waals surface area contributed by atoms with E-state index in [1.54, 1.807) is 6.92 Å². The number of thiophene rings is 1. The first kappa shape index (κ1) is 30.1. The molecule has 8 nitrogen and oxygen atoms in total. The number of halogens is 4. The molecule has 3 N–H and O–H groups in total. The summed E-state index contributed by atoms with van der Waals surface area (Å²) in [5.41, 5.74) is 6.08. The number of benzene rings is 1. The number of hydrogen-bond donors (Lipinski definition) is 2. The Kier molecular flexibility index (Phi) is 7.11. The van der Waals surface area contributed by atoms with Crippen LogP contribution in [0.15, 0.2) is 6.20 Å². The standard InChI is InChI=1S/C33H37F4N7OS/c1-4-18-13-44-21(11-39-18)15(2)8-19-23-28(41-32(42-31(23)44)45-14-33-6-5-7-43(33)12-17(34)9-33)26(37)24(25(19)36)27-22-16(3)30(38)46-29(22)20(35)10-40-27/h10,15,17-18,21,39H,4-9,11-14,38H2,1-3H3/t15-,17+,18+,21?,33-/m0/s1. The number of pyridine rings is 1. The van der Waals surface area contributed by atoms with Crippen molar-refractivity contribution in [3.8, 4) is 17.3 Å². The van der Waals surface area contributed by atoms with E-state index >= 15 is 8.78 Å². The molecule has 0 bridgehead atoms. The second-order valence-corrected chi connectivity index (χ2v) is 14.6. The van der Waals surface area contributed by atoms with Crippen LogP contribution in [0.4, 0.5) is 28.4 Å². The third-order valence-electron chi connectivity index (χ3n) is 10.9. The van der Waals surface area contributed by atoms with Gasteiger partial charge in [-0.05, 0) is 50.6 Å². The average Bonchev–Trinajstić information content (AvgIpc) is 3.65. The van der Waals surface area contributed by atoms with Crippen molar-refractivity contribution in [2.24, 2.45) is 5.92 Å². The number of piperazine rings is 1. The van der Waals surface area contributed by atoms with Crippen molar-refractivity contribution in [2.75, 3.05) is 43.4 Å². The number of rotatable bonds is 5. The van der Waals surface area contributed by atoms with Gasteiger partial charge in [0.1, 0.15) is 29.9 Å². The minimum atomic E-state index is -0.930. The molecule has 1 unspecified atom stereocenters. The summed E-state index contributed by atoms with van der Waals surface area (Å²) in [6, 6.07) is 0.108. The minimum absolute atomic E-state index is 0.0135. The van der Waals surface area contributed by atoms with E-state index in [1.165, 1.54) is 0 Å². The SMILES string of the molecule is CC[C@@H]1CN2c3nc(OC[C@@]45CCCN4C[C@H](F)C5)nc4c(F)c(-c5ncc(F)c6sc(N)c(C)c56)c(F)c(c34)C[C@H](C)C2CN1. The number of ether oxygens (including phenoxy) is 1. The quantitative estimate of drug-likeness (QED) is 0.256. The van der Waals surface area contributed by atoms with Gasteiger partial charge < -0.3 is 20.7 Å². The smallest absolute Gasteiger partial charge is 0.319 e. The predicted octanol–water partition coefficient (Wildman–Crippen LogP) is 5.92.